The molecule has 0 saturated carbocycles. The SMILES string of the molecule is CS(=O)(=O)O.Cc1c([C@@H](NC(=O)Nc2cnc(N)nc2)C(F)(F)F)oc2c(F)cc(F)cc12. The largest absolute Gasteiger partial charge is 0.455 e. The van der Waals surface area contributed by atoms with Gasteiger partial charge >= 0.3 is 12.2 Å². The lowest BCUT2D eigenvalue weighted by Crippen LogP contribution is -2.40. The topological polar surface area (TPSA) is 160 Å². The maximum absolute atomic E-state index is 13.8. The highest BCUT2D eigenvalue weighted by Crippen LogP contribution is 2.39. The lowest BCUT2D eigenvalue weighted by molar-refractivity contribution is -0.158. The summed E-state index contributed by atoms with van der Waals surface area (Å²) >= 11 is 0. The van der Waals surface area contributed by atoms with E-state index in [9.17, 15) is 35.2 Å². The van der Waals surface area contributed by atoms with Crippen LogP contribution in [0.2, 0.25) is 0 Å². The number of furan rings is 1. The van der Waals surface area contributed by atoms with Crippen molar-refractivity contribution < 1.29 is 44.1 Å². The van der Waals surface area contributed by atoms with E-state index in [2.05, 4.69) is 15.3 Å². The molecule has 0 bridgehead atoms. The highest BCUT2D eigenvalue weighted by molar-refractivity contribution is 7.85. The number of carbonyl (C=O) groups is 1. The number of aromatic nitrogens is 2. The number of benzene rings is 1. The zero-order valence-electron chi connectivity index (χ0n) is 16.7. The first-order valence-corrected chi connectivity index (χ1v) is 10.4. The Balaban J connectivity index is 0.000000696. The number of nitrogens with one attached hydrogen (secondary N) is 2. The zero-order valence-corrected chi connectivity index (χ0v) is 17.6. The van der Waals surface area contributed by atoms with Gasteiger partial charge in [0.15, 0.2) is 17.4 Å². The highest BCUT2D eigenvalue weighted by Gasteiger charge is 2.45. The monoisotopic (exact) mass is 497 g/mol. The van der Waals surface area contributed by atoms with Gasteiger partial charge in [-0.2, -0.15) is 21.6 Å². The summed E-state index contributed by atoms with van der Waals surface area (Å²) in [6, 6.07) is -2.53. The van der Waals surface area contributed by atoms with Crippen molar-refractivity contribution in [3.05, 3.63) is 47.5 Å². The van der Waals surface area contributed by atoms with Crippen LogP contribution in [0.5, 0.6) is 0 Å². The number of hydrogen-bond acceptors (Lipinski definition) is 7. The normalized spacial score (nSPS) is 12.6. The number of urea groups is 1. The number of amides is 2. The predicted octanol–water partition coefficient (Wildman–Crippen LogP) is 3.32. The van der Waals surface area contributed by atoms with Gasteiger partial charge in [-0.05, 0) is 13.0 Å². The first-order valence-electron chi connectivity index (χ1n) is 8.58. The number of nitrogens with two attached hydrogens (primary N) is 1. The zero-order chi connectivity index (χ0) is 25.1. The number of halogens is 5. The van der Waals surface area contributed by atoms with Crippen molar-refractivity contribution in [1.82, 2.24) is 15.3 Å². The molecular formula is C17H16F5N5O5S. The number of anilines is 2. The summed E-state index contributed by atoms with van der Waals surface area (Å²) in [6.45, 7) is 1.20. The minimum absolute atomic E-state index is 0.0120. The number of nitrogen functional groups attached to an aromatic ring is 1. The molecule has 180 valence electrons. The van der Waals surface area contributed by atoms with Crippen molar-refractivity contribution in [2.45, 2.75) is 19.1 Å². The van der Waals surface area contributed by atoms with Crippen LogP contribution in [0.25, 0.3) is 11.0 Å². The quantitative estimate of drug-likeness (QED) is 0.317. The molecule has 3 rings (SSSR count). The van der Waals surface area contributed by atoms with E-state index in [4.69, 9.17) is 14.7 Å². The molecule has 33 heavy (non-hydrogen) atoms. The molecule has 2 amide bonds. The van der Waals surface area contributed by atoms with Crippen LogP contribution in [-0.2, 0) is 10.1 Å². The second-order valence-electron chi connectivity index (χ2n) is 6.49. The highest BCUT2D eigenvalue weighted by atomic mass is 32.2. The number of carbonyl (C=O) groups excluding carboxylic acids is 1. The number of nitrogens with zero attached hydrogens (tertiary/aromatic N) is 2. The van der Waals surface area contributed by atoms with Gasteiger partial charge in [-0.25, -0.2) is 23.5 Å². The Morgan fingerprint density at radius 3 is 2.27 bits per heavy atom. The molecule has 3 aromatic rings. The van der Waals surface area contributed by atoms with Gasteiger partial charge < -0.3 is 20.8 Å². The Bertz CT molecular complexity index is 1250. The lowest BCUT2D eigenvalue weighted by atomic mass is 10.1. The molecule has 0 radical (unpaired) electrons. The summed E-state index contributed by atoms with van der Waals surface area (Å²) in [5.74, 6) is -2.99. The van der Waals surface area contributed by atoms with Gasteiger partial charge in [-0.3, -0.25) is 4.55 Å². The van der Waals surface area contributed by atoms with Crippen molar-refractivity contribution in [3.63, 3.8) is 0 Å². The van der Waals surface area contributed by atoms with Crippen LogP contribution >= 0.6 is 0 Å². The van der Waals surface area contributed by atoms with Crippen LogP contribution in [0.1, 0.15) is 17.4 Å². The minimum Gasteiger partial charge on any atom is -0.455 e. The van der Waals surface area contributed by atoms with Crippen LogP contribution < -0.4 is 16.4 Å². The molecule has 0 fully saturated rings. The fourth-order valence-electron chi connectivity index (χ4n) is 2.53. The Kier molecular flexibility index (Phi) is 7.43. The molecule has 0 unspecified atom stereocenters. The van der Waals surface area contributed by atoms with E-state index in [1.807, 2.05) is 0 Å². The molecule has 0 aliphatic rings. The Morgan fingerprint density at radius 2 is 1.76 bits per heavy atom. The van der Waals surface area contributed by atoms with E-state index in [1.165, 1.54) is 6.92 Å². The first-order chi connectivity index (χ1) is 15.1. The summed E-state index contributed by atoms with van der Waals surface area (Å²) in [7, 11) is -3.67. The molecule has 1 atom stereocenters. The van der Waals surface area contributed by atoms with E-state index in [-0.39, 0.29) is 22.6 Å². The van der Waals surface area contributed by atoms with Gasteiger partial charge in [0.1, 0.15) is 11.6 Å². The fourth-order valence-corrected chi connectivity index (χ4v) is 2.53. The summed E-state index contributed by atoms with van der Waals surface area (Å²) in [5.41, 5.74) is 4.56. The maximum atomic E-state index is 13.8. The van der Waals surface area contributed by atoms with E-state index in [1.54, 1.807) is 5.32 Å². The van der Waals surface area contributed by atoms with Gasteiger partial charge in [0.05, 0.1) is 24.3 Å². The molecule has 0 aliphatic carbocycles. The van der Waals surface area contributed by atoms with Crippen molar-refractivity contribution >= 4 is 38.8 Å². The second-order valence-corrected chi connectivity index (χ2v) is 7.96. The molecule has 0 saturated heterocycles. The molecule has 5 N–H and O–H groups in total. The summed E-state index contributed by atoms with van der Waals surface area (Å²) < 4.78 is 98.7. The van der Waals surface area contributed by atoms with Crippen molar-refractivity contribution in [2.75, 3.05) is 17.3 Å². The van der Waals surface area contributed by atoms with Gasteiger partial charge in [0.2, 0.25) is 5.95 Å². The van der Waals surface area contributed by atoms with E-state index < -0.39 is 51.3 Å². The van der Waals surface area contributed by atoms with E-state index >= 15 is 0 Å². The van der Waals surface area contributed by atoms with Crippen LogP contribution in [0, 0.1) is 18.6 Å². The second kappa shape index (κ2) is 9.53. The molecule has 0 spiro atoms. The Morgan fingerprint density at radius 1 is 1.21 bits per heavy atom. The third-order valence-electron chi connectivity index (χ3n) is 3.79. The molecule has 16 heteroatoms. The van der Waals surface area contributed by atoms with Gasteiger partial charge in [-0.1, -0.05) is 0 Å². The molecular weight excluding hydrogens is 481 g/mol. The Hall–Kier alpha value is -3.53. The van der Waals surface area contributed by atoms with Crippen LogP contribution in [-0.4, -0.2) is 41.4 Å². The predicted molar refractivity (Wildman–Crippen MR) is 106 cm³/mol. The summed E-state index contributed by atoms with van der Waals surface area (Å²) in [5, 5.41) is 3.64. The third kappa shape index (κ3) is 7.25. The maximum Gasteiger partial charge on any atom is 0.416 e. The van der Waals surface area contributed by atoms with Crippen LogP contribution in [0.15, 0.2) is 28.9 Å². The molecule has 0 aliphatic heterocycles. The Labute approximate surface area is 182 Å². The van der Waals surface area contributed by atoms with Crippen molar-refractivity contribution in [2.24, 2.45) is 0 Å². The van der Waals surface area contributed by atoms with E-state index in [0.29, 0.717) is 12.3 Å². The number of rotatable bonds is 3. The third-order valence-corrected chi connectivity index (χ3v) is 3.79. The molecule has 2 aromatic heterocycles. The number of aryl methyl sites for hydroxylation is 1. The fraction of sp³-hybridized carbons (Fsp3) is 0.235. The van der Waals surface area contributed by atoms with Gasteiger partial charge in [0, 0.05) is 17.0 Å². The summed E-state index contributed by atoms with van der Waals surface area (Å²) in [4.78, 5) is 19.2. The van der Waals surface area contributed by atoms with Gasteiger partial charge in [0.25, 0.3) is 10.1 Å². The minimum atomic E-state index is -4.98. The average molecular weight is 497 g/mol. The smallest absolute Gasteiger partial charge is 0.416 e. The average Bonchev–Trinajstić information content (AvgIpc) is 2.96. The van der Waals surface area contributed by atoms with Gasteiger partial charge in [-0.15, -0.1) is 0 Å². The summed E-state index contributed by atoms with van der Waals surface area (Å²) in [6.07, 6.45) is -2.08. The molecule has 1 aromatic carbocycles. The number of fused-ring (bicyclic) bond motifs is 1. The lowest BCUT2D eigenvalue weighted by Gasteiger charge is -2.20. The first kappa shape index (κ1) is 25.7. The van der Waals surface area contributed by atoms with Crippen molar-refractivity contribution in [3.8, 4) is 0 Å². The number of alkyl halides is 3. The van der Waals surface area contributed by atoms with E-state index in [0.717, 1.165) is 18.5 Å². The van der Waals surface area contributed by atoms with Crippen molar-refractivity contribution in [1.29, 1.82) is 0 Å². The molecule has 2 heterocycles. The molecule has 10 nitrogen and oxygen atoms in total. The van der Waals surface area contributed by atoms with Crippen LogP contribution in [0.3, 0.4) is 0 Å². The standard InChI is InChI=1S/C16H12F5N5O2.CH4O3S/c1-6-9-2-7(17)3-10(18)12(9)28-11(6)13(16(19,20)21)26-15(27)25-8-4-23-14(22)24-5-8;1-5(2,3)4/h2-5,13H,1H3,(H2,22,23,24)(H2,25,26,27);1H3,(H,2,3,4)/t13-;/m1./s1. The number of hydrogen-bond donors (Lipinski definition) is 4. The van der Waals surface area contributed by atoms with Crippen LogP contribution in [0.4, 0.5) is 38.4 Å².